The predicted molar refractivity (Wildman–Crippen MR) is 107 cm³/mol. The second kappa shape index (κ2) is 8.27. The second-order valence-electron chi connectivity index (χ2n) is 6.57. The SMILES string of the molecule is Cc1cccc(C)c1-n1nnnc1SCc1nnnn1-c1ccc(Cl)cc1C(F)(F)F. The zero-order valence-electron chi connectivity index (χ0n) is 16.2. The number of rotatable bonds is 5. The van der Waals surface area contributed by atoms with Gasteiger partial charge in [-0.15, -0.1) is 10.2 Å². The van der Waals surface area contributed by atoms with E-state index < -0.39 is 11.7 Å². The van der Waals surface area contributed by atoms with Crippen LogP contribution in [-0.4, -0.2) is 40.4 Å². The largest absolute Gasteiger partial charge is 0.418 e. The predicted octanol–water partition coefficient (Wildman–Crippen LogP) is 4.22. The molecule has 0 bridgehead atoms. The summed E-state index contributed by atoms with van der Waals surface area (Å²) in [6.07, 6.45) is -4.62. The van der Waals surface area contributed by atoms with E-state index in [9.17, 15) is 13.2 Å². The van der Waals surface area contributed by atoms with E-state index in [0.717, 1.165) is 27.6 Å². The third kappa shape index (κ3) is 4.26. The molecule has 0 amide bonds. The molecule has 0 aliphatic heterocycles. The van der Waals surface area contributed by atoms with Gasteiger partial charge in [0.05, 0.1) is 22.7 Å². The van der Waals surface area contributed by atoms with Crippen LogP contribution in [0.3, 0.4) is 0 Å². The molecule has 0 saturated heterocycles. The van der Waals surface area contributed by atoms with Gasteiger partial charge in [0.1, 0.15) is 0 Å². The molecule has 0 atom stereocenters. The maximum atomic E-state index is 13.5. The lowest BCUT2D eigenvalue weighted by Gasteiger charge is -2.14. The minimum absolute atomic E-state index is 0.0344. The maximum absolute atomic E-state index is 13.5. The Morgan fingerprint density at radius 3 is 2.35 bits per heavy atom. The van der Waals surface area contributed by atoms with Crippen LogP contribution in [0.4, 0.5) is 13.2 Å². The van der Waals surface area contributed by atoms with Crippen molar-refractivity contribution in [3.8, 4) is 11.4 Å². The van der Waals surface area contributed by atoms with Gasteiger partial charge in [-0.2, -0.15) is 22.5 Å². The molecule has 0 fully saturated rings. The van der Waals surface area contributed by atoms with Crippen LogP contribution in [-0.2, 0) is 11.9 Å². The Hall–Kier alpha value is -2.99. The first-order valence-corrected chi connectivity index (χ1v) is 10.2. The summed E-state index contributed by atoms with van der Waals surface area (Å²) in [5.41, 5.74) is 1.65. The van der Waals surface area contributed by atoms with Crippen LogP contribution in [0.2, 0.25) is 5.02 Å². The highest BCUT2D eigenvalue weighted by molar-refractivity contribution is 7.98. The third-order valence-corrected chi connectivity index (χ3v) is 5.60. The van der Waals surface area contributed by atoms with E-state index in [-0.39, 0.29) is 22.3 Å². The summed E-state index contributed by atoms with van der Waals surface area (Å²) >= 11 is 6.97. The van der Waals surface area contributed by atoms with Crippen LogP contribution in [0.25, 0.3) is 11.4 Å². The summed E-state index contributed by atoms with van der Waals surface area (Å²) in [7, 11) is 0. The van der Waals surface area contributed by atoms with Crippen molar-refractivity contribution in [3.63, 3.8) is 0 Å². The molecule has 2 heterocycles. The molecule has 0 radical (unpaired) electrons. The lowest BCUT2D eigenvalue weighted by molar-refractivity contribution is -0.137. The quantitative estimate of drug-likeness (QED) is 0.407. The van der Waals surface area contributed by atoms with Crippen LogP contribution in [0, 0.1) is 13.8 Å². The van der Waals surface area contributed by atoms with E-state index in [2.05, 4.69) is 31.1 Å². The van der Waals surface area contributed by atoms with Crippen LogP contribution < -0.4 is 0 Å². The fraction of sp³-hybridized carbons (Fsp3) is 0.222. The summed E-state index contributed by atoms with van der Waals surface area (Å²) in [6, 6.07) is 9.25. The van der Waals surface area contributed by atoms with Crippen molar-refractivity contribution in [2.24, 2.45) is 0 Å². The molecule has 31 heavy (non-hydrogen) atoms. The number of alkyl halides is 3. The number of para-hydroxylation sites is 1. The summed E-state index contributed by atoms with van der Waals surface area (Å²) in [6.45, 7) is 3.89. The first kappa shape index (κ1) is 21.2. The minimum atomic E-state index is -4.62. The number of halogens is 4. The van der Waals surface area contributed by atoms with E-state index in [4.69, 9.17) is 11.6 Å². The van der Waals surface area contributed by atoms with Gasteiger partial charge in [0.25, 0.3) is 0 Å². The van der Waals surface area contributed by atoms with E-state index in [1.807, 2.05) is 32.0 Å². The number of hydrogen-bond acceptors (Lipinski definition) is 7. The van der Waals surface area contributed by atoms with Crippen molar-refractivity contribution >= 4 is 23.4 Å². The van der Waals surface area contributed by atoms with Crippen molar-refractivity contribution in [1.29, 1.82) is 0 Å². The van der Waals surface area contributed by atoms with Crippen LogP contribution in [0.5, 0.6) is 0 Å². The van der Waals surface area contributed by atoms with Crippen molar-refractivity contribution in [1.82, 2.24) is 40.4 Å². The van der Waals surface area contributed by atoms with Gasteiger partial charge in [0.2, 0.25) is 5.16 Å². The molecule has 2 aromatic heterocycles. The molecule has 0 unspecified atom stereocenters. The lowest BCUT2D eigenvalue weighted by Crippen LogP contribution is -2.13. The number of benzene rings is 2. The van der Waals surface area contributed by atoms with Gasteiger partial charge in [0, 0.05) is 5.02 Å². The Kier molecular flexibility index (Phi) is 5.67. The smallest absolute Gasteiger partial charge is 0.196 e. The van der Waals surface area contributed by atoms with Gasteiger partial charge in [-0.1, -0.05) is 41.6 Å². The highest BCUT2D eigenvalue weighted by Crippen LogP contribution is 2.36. The van der Waals surface area contributed by atoms with E-state index in [1.54, 1.807) is 4.68 Å². The molecule has 13 heteroatoms. The average Bonchev–Trinajstić information content (AvgIpc) is 3.35. The van der Waals surface area contributed by atoms with Crippen LogP contribution in [0.15, 0.2) is 41.6 Å². The number of aromatic nitrogens is 8. The molecule has 4 aromatic rings. The molecule has 0 saturated carbocycles. The van der Waals surface area contributed by atoms with Crippen molar-refractivity contribution in [3.05, 3.63) is 63.9 Å². The van der Waals surface area contributed by atoms with E-state index >= 15 is 0 Å². The number of tetrazole rings is 2. The molecule has 8 nitrogen and oxygen atoms in total. The Balaban J connectivity index is 1.65. The van der Waals surface area contributed by atoms with Crippen molar-refractivity contribution in [2.75, 3.05) is 0 Å². The topological polar surface area (TPSA) is 87.2 Å². The van der Waals surface area contributed by atoms with Crippen LogP contribution >= 0.6 is 23.4 Å². The Bertz CT molecular complexity index is 1220. The van der Waals surface area contributed by atoms with Gasteiger partial charge in [0.15, 0.2) is 5.82 Å². The van der Waals surface area contributed by atoms with Crippen LogP contribution in [0.1, 0.15) is 22.5 Å². The minimum Gasteiger partial charge on any atom is -0.196 e. The molecule has 4 rings (SSSR count). The fourth-order valence-electron chi connectivity index (χ4n) is 3.08. The monoisotopic (exact) mass is 466 g/mol. The maximum Gasteiger partial charge on any atom is 0.418 e. The highest BCUT2D eigenvalue weighted by Gasteiger charge is 2.35. The van der Waals surface area contributed by atoms with E-state index in [1.165, 1.54) is 23.9 Å². The second-order valence-corrected chi connectivity index (χ2v) is 7.95. The van der Waals surface area contributed by atoms with Gasteiger partial charge in [-0.25, -0.2) is 0 Å². The van der Waals surface area contributed by atoms with Gasteiger partial charge >= 0.3 is 6.18 Å². The number of thioether (sulfide) groups is 1. The lowest BCUT2D eigenvalue weighted by atomic mass is 10.1. The molecule has 160 valence electrons. The summed E-state index contributed by atoms with van der Waals surface area (Å²) in [5.74, 6) is 0.340. The highest BCUT2D eigenvalue weighted by atomic mass is 35.5. The van der Waals surface area contributed by atoms with Gasteiger partial charge in [-0.05, 0) is 64.0 Å². The number of nitrogens with zero attached hydrogens (tertiary/aromatic N) is 8. The summed E-state index contributed by atoms with van der Waals surface area (Å²) in [5, 5.41) is 23.4. The summed E-state index contributed by atoms with van der Waals surface area (Å²) in [4.78, 5) is 0. The molecular weight excluding hydrogens is 453 g/mol. The molecular formula is C18H14ClF3N8S. The Morgan fingerprint density at radius 2 is 1.65 bits per heavy atom. The zero-order chi connectivity index (χ0) is 22.2. The third-order valence-electron chi connectivity index (χ3n) is 4.45. The van der Waals surface area contributed by atoms with Gasteiger partial charge in [-0.3, -0.25) is 0 Å². The molecule has 0 N–H and O–H groups in total. The number of aryl methyl sites for hydroxylation is 2. The summed E-state index contributed by atoms with van der Waals surface area (Å²) < 4.78 is 43.1. The first-order chi connectivity index (χ1) is 14.8. The standard InChI is InChI=1S/C18H14ClF3N8S/c1-10-4-3-5-11(2)16(10)30-17(24-26-28-30)31-9-15-23-25-27-29(15)14-7-6-12(19)8-13(14)18(20,21)22/h3-8H,9H2,1-2H3. The first-order valence-electron chi connectivity index (χ1n) is 8.88. The normalized spacial score (nSPS) is 11.8. The zero-order valence-corrected chi connectivity index (χ0v) is 17.7. The number of hydrogen-bond donors (Lipinski definition) is 0. The Morgan fingerprint density at radius 1 is 0.968 bits per heavy atom. The van der Waals surface area contributed by atoms with Crippen molar-refractivity contribution in [2.45, 2.75) is 30.9 Å². The van der Waals surface area contributed by atoms with Gasteiger partial charge < -0.3 is 0 Å². The van der Waals surface area contributed by atoms with E-state index in [0.29, 0.717) is 5.16 Å². The molecule has 0 aliphatic carbocycles. The van der Waals surface area contributed by atoms with Crippen molar-refractivity contribution < 1.29 is 13.2 Å². The molecule has 0 spiro atoms. The fourth-order valence-corrected chi connectivity index (χ4v) is 4.04. The Labute approximate surface area is 183 Å². The molecule has 0 aliphatic rings. The molecule has 2 aromatic carbocycles. The average molecular weight is 467 g/mol.